The van der Waals surface area contributed by atoms with Gasteiger partial charge in [0.1, 0.15) is 0 Å². The molecule has 0 saturated carbocycles. The predicted octanol–water partition coefficient (Wildman–Crippen LogP) is 1.47. The van der Waals surface area contributed by atoms with E-state index >= 15 is 0 Å². The highest BCUT2D eigenvalue weighted by Crippen LogP contribution is 2.29. The number of hydrogen-bond donors (Lipinski definition) is 2. The van der Waals surface area contributed by atoms with E-state index in [-0.39, 0.29) is 6.04 Å². The molecule has 0 aromatic rings. The maximum Gasteiger partial charge on any atom is 0.403 e. The van der Waals surface area contributed by atoms with Crippen molar-refractivity contribution in [3.05, 3.63) is 0 Å². The van der Waals surface area contributed by atoms with Crippen molar-refractivity contribution >= 4 is 5.97 Å². The topological polar surface area (TPSA) is 52.6 Å². The Labute approximate surface area is 110 Å². The van der Waals surface area contributed by atoms with E-state index in [0.29, 0.717) is 6.04 Å². The molecule has 2 N–H and O–H groups in total. The molecule has 0 spiro atoms. The van der Waals surface area contributed by atoms with Gasteiger partial charge in [-0.3, -0.25) is 4.79 Å². The fourth-order valence-electron chi connectivity index (χ4n) is 3.04. The third kappa shape index (κ3) is 3.60. The Morgan fingerprint density at radius 1 is 1.37 bits per heavy atom. The normalized spacial score (nSPS) is 30.1. The lowest BCUT2D eigenvalue weighted by Crippen LogP contribution is -2.49. The van der Waals surface area contributed by atoms with Crippen LogP contribution in [0.15, 0.2) is 0 Å². The van der Waals surface area contributed by atoms with E-state index in [4.69, 9.17) is 5.11 Å². The van der Waals surface area contributed by atoms with Crippen LogP contribution in [-0.4, -0.2) is 53.9 Å². The van der Waals surface area contributed by atoms with E-state index in [2.05, 4.69) is 10.2 Å². The van der Waals surface area contributed by atoms with Crippen LogP contribution in [0.2, 0.25) is 0 Å². The average Bonchev–Trinajstić information content (AvgIpc) is 2.73. The van der Waals surface area contributed by atoms with Crippen molar-refractivity contribution in [1.82, 2.24) is 10.2 Å². The summed E-state index contributed by atoms with van der Waals surface area (Å²) >= 11 is 0. The van der Waals surface area contributed by atoms with E-state index in [1.807, 2.05) is 0 Å². The Kier molecular flexibility index (Phi) is 4.35. The molecule has 0 aromatic heterocycles. The highest BCUT2D eigenvalue weighted by Gasteiger charge is 2.45. The highest BCUT2D eigenvalue weighted by molar-refractivity contribution is 5.71. The summed E-state index contributed by atoms with van der Waals surface area (Å²) in [5, 5.41) is 11.4. The number of nitrogens with one attached hydrogen (secondary N) is 1. The highest BCUT2D eigenvalue weighted by atomic mass is 19.4. The first-order chi connectivity index (χ1) is 8.88. The lowest BCUT2D eigenvalue weighted by atomic mass is 9.97. The van der Waals surface area contributed by atoms with Crippen LogP contribution in [0.4, 0.5) is 13.2 Å². The van der Waals surface area contributed by atoms with Crippen LogP contribution >= 0.6 is 0 Å². The number of hydrogen-bond acceptors (Lipinski definition) is 3. The summed E-state index contributed by atoms with van der Waals surface area (Å²) in [6, 6.07) is 0.462. The summed E-state index contributed by atoms with van der Waals surface area (Å²) in [6.07, 6.45) is -0.824. The van der Waals surface area contributed by atoms with Gasteiger partial charge in [-0.2, -0.15) is 13.2 Å². The summed E-state index contributed by atoms with van der Waals surface area (Å²) in [5.74, 6) is -4.12. The number of halogens is 3. The molecule has 0 bridgehead atoms. The molecule has 2 rings (SSSR count). The van der Waals surface area contributed by atoms with Gasteiger partial charge in [-0.1, -0.05) is 0 Å². The Morgan fingerprint density at radius 3 is 2.74 bits per heavy atom. The smallest absolute Gasteiger partial charge is 0.403 e. The number of fused-ring (bicyclic) bond motifs is 1. The minimum absolute atomic E-state index is 0.00329. The second-order valence-electron chi connectivity index (χ2n) is 5.39. The number of piperidine rings is 1. The van der Waals surface area contributed by atoms with Gasteiger partial charge in [0.2, 0.25) is 0 Å². The molecular formula is C12H19F3N2O2. The molecule has 3 atom stereocenters. The number of nitrogens with zero attached hydrogens (tertiary/aromatic N) is 1. The molecule has 3 unspecified atom stereocenters. The first-order valence-corrected chi connectivity index (χ1v) is 6.65. The Balaban J connectivity index is 1.83. The molecular weight excluding hydrogens is 261 g/mol. The van der Waals surface area contributed by atoms with Crippen LogP contribution < -0.4 is 5.32 Å². The van der Waals surface area contributed by atoms with Crippen LogP contribution in [-0.2, 0) is 4.79 Å². The molecule has 0 aromatic carbocycles. The first-order valence-electron chi connectivity index (χ1n) is 6.65. The summed E-state index contributed by atoms with van der Waals surface area (Å²) < 4.78 is 37.5. The van der Waals surface area contributed by atoms with Crippen LogP contribution in [0.3, 0.4) is 0 Å². The monoisotopic (exact) mass is 280 g/mol. The fourth-order valence-corrected chi connectivity index (χ4v) is 3.04. The SMILES string of the molecule is O=C(O)C(CNC1CCN2CCCC2C1)C(F)(F)F. The molecule has 2 aliphatic heterocycles. The van der Waals surface area contributed by atoms with E-state index in [9.17, 15) is 18.0 Å². The zero-order valence-electron chi connectivity index (χ0n) is 10.6. The molecule has 4 nitrogen and oxygen atoms in total. The number of carboxylic acid groups (broad SMARTS) is 1. The third-order valence-corrected chi connectivity index (χ3v) is 4.12. The summed E-state index contributed by atoms with van der Waals surface area (Å²) in [7, 11) is 0. The number of aliphatic carboxylic acids is 1. The molecule has 2 fully saturated rings. The maximum atomic E-state index is 12.5. The molecule has 2 saturated heterocycles. The van der Waals surface area contributed by atoms with Crippen LogP contribution in [0.5, 0.6) is 0 Å². The summed E-state index contributed by atoms with van der Waals surface area (Å²) in [5.41, 5.74) is 0. The maximum absolute atomic E-state index is 12.5. The van der Waals surface area contributed by atoms with Crippen molar-refractivity contribution in [3.63, 3.8) is 0 Å². The Hall–Kier alpha value is -0.820. The molecule has 19 heavy (non-hydrogen) atoms. The van der Waals surface area contributed by atoms with Crippen LogP contribution in [0.25, 0.3) is 0 Å². The van der Waals surface area contributed by atoms with Gasteiger partial charge >= 0.3 is 12.1 Å². The second-order valence-corrected chi connectivity index (χ2v) is 5.39. The van der Waals surface area contributed by atoms with Gasteiger partial charge in [0.15, 0.2) is 5.92 Å². The van der Waals surface area contributed by atoms with Crippen molar-refractivity contribution in [2.75, 3.05) is 19.6 Å². The van der Waals surface area contributed by atoms with E-state index in [1.54, 1.807) is 0 Å². The van der Waals surface area contributed by atoms with E-state index < -0.39 is 24.6 Å². The van der Waals surface area contributed by atoms with E-state index in [1.165, 1.54) is 0 Å². The van der Waals surface area contributed by atoms with Gasteiger partial charge in [-0.05, 0) is 38.8 Å². The molecule has 7 heteroatoms. The largest absolute Gasteiger partial charge is 0.481 e. The first kappa shape index (κ1) is 14.6. The van der Waals surface area contributed by atoms with Gasteiger partial charge < -0.3 is 15.3 Å². The predicted molar refractivity (Wildman–Crippen MR) is 62.8 cm³/mol. The minimum Gasteiger partial charge on any atom is -0.481 e. The molecule has 0 radical (unpaired) electrons. The zero-order valence-corrected chi connectivity index (χ0v) is 10.6. The van der Waals surface area contributed by atoms with E-state index in [0.717, 1.165) is 38.8 Å². The standard InChI is InChI=1S/C12H19F3N2O2/c13-12(14,15)10(11(18)19)7-16-8-3-5-17-4-1-2-9(17)6-8/h8-10,16H,1-7H2,(H,18,19). The zero-order chi connectivity index (χ0) is 14.0. The van der Waals surface area contributed by atoms with Gasteiger partial charge in [-0.25, -0.2) is 0 Å². The van der Waals surface area contributed by atoms with Crippen molar-refractivity contribution in [1.29, 1.82) is 0 Å². The summed E-state index contributed by atoms with van der Waals surface area (Å²) in [4.78, 5) is 13.0. The lowest BCUT2D eigenvalue weighted by Gasteiger charge is -2.35. The fraction of sp³-hybridized carbons (Fsp3) is 0.917. The lowest BCUT2D eigenvalue weighted by molar-refractivity contribution is -0.192. The molecule has 2 aliphatic rings. The van der Waals surface area contributed by atoms with Crippen LogP contribution in [0, 0.1) is 5.92 Å². The molecule has 2 heterocycles. The second kappa shape index (κ2) is 5.66. The van der Waals surface area contributed by atoms with Crippen molar-refractivity contribution in [3.8, 4) is 0 Å². The molecule has 0 aliphatic carbocycles. The summed E-state index contributed by atoms with van der Waals surface area (Å²) in [6.45, 7) is 1.44. The van der Waals surface area contributed by atoms with Crippen molar-refractivity contribution < 1.29 is 23.1 Å². The third-order valence-electron chi connectivity index (χ3n) is 4.12. The van der Waals surface area contributed by atoms with Crippen LogP contribution in [0.1, 0.15) is 25.7 Å². The Bertz CT molecular complexity index is 335. The quantitative estimate of drug-likeness (QED) is 0.819. The number of carbonyl (C=O) groups is 1. The minimum atomic E-state index is -4.69. The average molecular weight is 280 g/mol. The molecule has 110 valence electrons. The van der Waals surface area contributed by atoms with Crippen molar-refractivity contribution in [2.24, 2.45) is 5.92 Å². The van der Waals surface area contributed by atoms with Gasteiger partial charge in [0, 0.05) is 18.6 Å². The number of rotatable bonds is 4. The number of alkyl halides is 3. The van der Waals surface area contributed by atoms with Crippen molar-refractivity contribution in [2.45, 2.75) is 43.9 Å². The Morgan fingerprint density at radius 2 is 2.11 bits per heavy atom. The van der Waals surface area contributed by atoms with Gasteiger partial charge in [0.25, 0.3) is 0 Å². The van der Waals surface area contributed by atoms with Gasteiger partial charge in [-0.15, -0.1) is 0 Å². The number of carboxylic acids is 1. The molecule has 0 amide bonds. The van der Waals surface area contributed by atoms with Gasteiger partial charge in [0.05, 0.1) is 0 Å².